The van der Waals surface area contributed by atoms with E-state index < -0.39 is 0 Å². The van der Waals surface area contributed by atoms with E-state index in [0.717, 1.165) is 11.1 Å². The van der Waals surface area contributed by atoms with Crippen molar-refractivity contribution in [3.05, 3.63) is 29.3 Å². The number of hydrogen-bond donors (Lipinski definition) is 1. The molecular weight excluding hydrogens is 168 g/mol. The molecule has 3 heteroatoms. The highest BCUT2D eigenvalue weighted by molar-refractivity contribution is 5.39. The van der Waals surface area contributed by atoms with Gasteiger partial charge < -0.3 is 14.6 Å². The third kappa shape index (κ3) is 2.20. The van der Waals surface area contributed by atoms with E-state index in [0.29, 0.717) is 12.4 Å². The second kappa shape index (κ2) is 4.84. The molecule has 0 amide bonds. The van der Waals surface area contributed by atoms with Crippen molar-refractivity contribution in [2.45, 2.75) is 13.2 Å². The first-order valence-electron chi connectivity index (χ1n) is 4.08. The molecule has 0 aliphatic heterocycles. The SMILES string of the molecule is COCc1cccc(OC)c1CO. The number of rotatable bonds is 4. The van der Waals surface area contributed by atoms with Gasteiger partial charge in [0.25, 0.3) is 0 Å². The zero-order valence-electron chi connectivity index (χ0n) is 7.91. The van der Waals surface area contributed by atoms with Crippen LogP contribution in [0.2, 0.25) is 0 Å². The summed E-state index contributed by atoms with van der Waals surface area (Å²) in [5.41, 5.74) is 1.76. The van der Waals surface area contributed by atoms with Crippen LogP contribution in [0.1, 0.15) is 11.1 Å². The number of aliphatic hydroxyl groups is 1. The molecule has 0 saturated carbocycles. The highest BCUT2D eigenvalue weighted by Gasteiger charge is 2.06. The molecule has 1 N–H and O–H groups in total. The molecule has 0 aliphatic rings. The van der Waals surface area contributed by atoms with Crippen LogP contribution in [0.5, 0.6) is 5.75 Å². The maximum absolute atomic E-state index is 9.12. The van der Waals surface area contributed by atoms with E-state index in [1.165, 1.54) is 0 Å². The Labute approximate surface area is 77.9 Å². The zero-order chi connectivity index (χ0) is 9.68. The lowest BCUT2D eigenvalue weighted by Gasteiger charge is -2.10. The molecule has 0 spiro atoms. The first kappa shape index (κ1) is 10.0. The lowest BCUT2D eigenvalue weighted by Crippen LogP contribution is -1.99. The van der Waals surface area contributed by atoms with Gasteiger partial charge in [0.05, 0.1) is 20.3 Å². The molecule has 0 fully saturated rings. The Morgan fingerprint density at radius 1 is 1.31 bits per heavy atom. The van der Waals surface area contributed by atoms with Crippen molar-refractivity contribution in [2.75, 3.05) is 14.2 Å². The fourth-order valence-corrected chi connectivity index (χ4v) is 1.27. The molecule has 0 saturated heterocycles. The molecule has 1 aromatic rings. The number of methoxy groups -OCH3 is 2. The topological polar surface area (TPSA) is 38.7 Å². The van der Waals surface area contributed by atoms with Crippen molar-refractivity contribution >= 4 is 0 Å². The lowest BCUT2D eigenvalue weighted by atomic mass is 10.1. The summed E-state index contributed by atoms with van der Waals surface area (Å²) in [6, 6.07) is 5.62. The molecule has 13 heavy (non-hydrogen) atoms. The Balaban J connectivity index is 3.03. The Hall–Kier alpha value is -1.06. The van der Waals surface area contributed by atoms with Gasteiger partial charge in [0, 0.05) is 12.7 Å². The highest BCUT2D eigenvalue weighted by atomic mass is 16.5. The molecule has 3 nitrogen and oxygen atoms in total. The standard InChI is InChI=1S/C10H14O3/c1-12-7-8-4-3-5-10(13-2)9(8)6-11/h3-5,11H,6-7H2,1-2H3. The zero-order valence-corrected chi connectivity index (χ0v) is 7.91. The predicted molar refractivity (Wildman–Crippen MR) is 49.6 cm³/mol. The van der Waals surface area contributed by atoms with Crippen molar-refractivity contribution in [1.29, 1.82) is 0 Å². The number of hydrogen-bond acceptors (Lipinski definition) is 3. The van der Waals surface area contributed by atoms with E-state index in [-0.39, 0.29) is 6.61 Å². The van der Waals surface area contributed by atoms with Crippen molar-refractivity contribution in [3.8, 4) is 5.75 Å². The second-order valence-corrected chi connectivity index (χ2v) is 2.69. The maximum Gasteiger partial charge on any atom is 0.124 e. The van der Waals surface area contributed by atoms with Crippen LogP contribution < -0.4 is 4.74 Å². The molecule has 0 atom stereocenters. The van der Waals surface area contributed by atoms with Gasteiger partial charge >= 0.3 is 0 Å². The molecule has 0 aliphatic carbocycles. The van der Waals surface area contributed by atoms with Crippen LogP contribution in [0, 0.1) is 0 Å². The molecule has 0 bridgehead atoms. The number of aliphatic hydroxyl groups excluding tert-OH is 1. The third-order valence-corrected chi connectivity index (χ3v) is 1.91. The smallest absolute Gasteiger partial charge is 0.124 e. The average Bonchev–Trinajstić information content (AvgIpc) is 2.18. The second-order valence-electron chi connectivity index (χ2n) is 2.69. The van der Waals surface area contributed by atoms with E-state index in [4.69, 9.17) is 14.6 Å². The molecule has 0 radical (unpaired) electrons. The van der Waals surface area contributed by atoms with Crippen LogP contribution in [0.4, 0.5) is 0 Å². The normalized spacial score (nSPS) is 10.1. The van der Waals surface area contributed by atoms with Crippen molar-refractivity contribution in [3.63, 3.8) is 0 Å². The van der Waals surface area contributed by atoms with Crippen molar-refractivity contribution < 1.29 is 14.6 Å². The Morgan fingerprint density at radius 2 is 2.08 bits per heavy atom. The minimum atomic E-state index is -0.0251. The van der Waals surface area contributed by atoms with E-state index in [9.17, 15) is 0 Å². The van der Waals surface area contributed by atoms with Gasteiger partial charge in [-0.25, -0.2) is 0 Å². The third-order valence-electron chi connectivity index (χ3n) is 1.91. The van der Waals surface area contributed by atoms with E-state index in [1.54, 1.807) is 14.2 Å². The summed E-state index contributed by atoms with van der Waals surface area (Å²) >= 11 is 0. The Bertz CT molecular complexity index is 271. The number of benzene rings is 1. The van der Waals surface area contributed by atoms with Crippen LogP contribution in [0.15, 0.2) is 18.2 Å². The molecule has 0 heterocycles. The monoisotopic (exact) mass is 182 g/mol. The van der Waals surface area contributed by atoms with E-state index >= 15 is 0 Å². The minimum absolute atomic E-state index is 0.0251. The van der Waals surface area contributed by atoms with Gasteiger partial charge in [0.2, 0.25) is 0 Å². The van der Waals surface area contributed by atoms with E-state index in [1.807, 2.05) is 18.2 Å². The fraction of sp³-hybridized carbons (Fsp3) is 0.400. The summed E-state index contributed by atoms with van der Waals surface area (Å²) in [6.07, 6.45) is 0. The van der Waals surface area contributed by atoms with Crippen LogP contribution in [-0.2, 0) is 18.0 Å². The van der Waals surface area contributed by atoms with Crippen molar-refractivity contribution in [1.82, 2.24) is 0 Å². The van der Waals surface area contributed by atoms with Gasteiger partial charge in [-0.1, -0.05) is 12.1 Å². The fourth-order valence-electron chi connectivity index (χ4n) is 1.27. The Morgan fingerprint density at radius 3 is 2.62 bits per heavy atom. The summed E-state index contributed by atoms with van der Waals surface area (Å²) in [5, 5.41) is 9.12. The van der Waals surface area contributed by atoms with Crippen LogP contribution >= 0.6 is 0 Å². The molecular formula is C10H14O3. The van der Waals surface area contributed by atoms with Crippen LogP contribution in [0.25, 0.3) is 0 Å². The average molecular weight is 182 g/mol. The quantitative estimate of drug-likeness (QED) is 0.763. The molecule has 1 rings (SSSR count). The highest BCUT2D eigenvalue weighted by Crippen LogP contribution is 2.22. The van der Waals surface area contributed by atoms with Crippen LogP contribution in [0.3, 0.4) is 0 Å². The van der Waals surface area contributed by atoms with Gasteiger partial charge in [-0.2, -0.15) is 0 Å². The van der Waals surface area contributed by atoms with Crippen LogP contribution in [-0.4, -0.2) is 19.3 Å². The summed E-state index contributed by atoms with van der Waals surface area (Å²) in [7, 11) is 3.21. The Kier molecular flexibility index (Phi) is 3.73. The van der Waals surface area contributed by atoms with Gasteiger partial charge in [-0.05, 0) is 11.6 Å². The largest absolute Gasteiger partial charge is 0.496 e. The first-order chi connectivity index (χ1) is 6.33. The molecule has 0 unspecified atom stereocenters. The van der Waals surface area contributed by atoms with Gasteiger partial charge in [-0.15, -0.1) is 0 Å². The van der Waals surface area contributed by atoms with Gasteiger partial charge in [0.1, 0.15) is 5.75 Å². The maximum atomic E-state index is 9.12. The van der Waals surface area contributed by atoms with Crippen molar-refractivity contribution in [2.24, 2.45) is 0 Å². The molecule has 72 valence electrons. The van der Waals surface area contributed by atoms with Gasteiger partial charge in [0.15, 0.2) is 0 Å². The molecule has 0 aromatic heterocycles. The summed E-state index contributed by atoms with van der Waals surface area (Å²) < 4.78 is 10.1. The van der Waals surface area contributed by atoms with E-state index in [2.05, 4.69) is 0 Å². The molecule has 1 aromatic carbocycles. The minimum Gasteiger partial charge on any atom is -0.496 e. The summed E-state index contributed by atoms with van der Waals surface area (Å²) in [5.74, 6) is 0.706. The lowest BCUT2D eigenvalue weighted by molar-refractivity contribution is 0.180. The van der Waals surface area contributed by atoms with Gasteiger partial charge in [-0.3, -0.25) is 0 Å². The predicted octanol–water partition coefficient (Wildman–Crippen LogP) is 1.33. The summed E-state index contributed by atoms with van der Waals surface area (Å²) in [4.78, 5) is 0. The first-order valence-corrected chi connectivity index (χ1v) is 4.08. The summed E-state index contributed by atoms with van der Waals surface area (Å²) in [6.45, 7) is 0.468. The number of ether oxygens (including phenoxy) is 2.